The van der Waals surface area contributed by atoms with Gasteiger partial charge in [-0.2, -0.15) is 0 Å². The first-order valence-electron chi connectivity index (χ1n) is 7.76. The zero-order chi connectivity index (χ0) is 17.7. The SMILES string of the molecule is CCNC(=O)[C@@H](C)Sc1nnc(COc2ccc(C)cc2C)n1N. The lowest BCUT2D eigenvalue weighted by atomic mass is 10.1. The quantitative estimate of drug-likeness (QED) is 0.585. The minimum atomic E-state index is -0.301. The van der Waals surface area contributed by atoms with Gasteiger partial charge in [-0.1, -0.05) is 29.5 Å². The lowest BCUT2D eigenvalue weighted by molar-refractivity contribution is -0.120. The third-order valence-electron chi connectivity index (χ3n) is 3.42. The van der Waals surface area contributed by atoms with Gasteiger partial charge in [0.1, 0.15) is 12.4 Å². The molecule has 1 atom stereocenters. The van der Waals surface area contributed by atoms with Gasteiger partial charge >= 0.3 is 0 Å². The van der Waals surface area contributed by atoms with Crippen LogP contribution < -0.4 is 15.9 Å². The Balaban J connectivity index is 2.00. The average Bonchev–Trinajstić information content (AvgIpc) is 2.87. The third-order valence-corrected chi connectivity index (χ3v) is 4.48. The molecule has 8 heteroatoms. The van der Waals surface area contributed by atoms with Gasteiger partial charge in [0.25, 0.3) is 0 Å². The van der Waals surface area contributed by atoms with Crippen LogP contribution in [0.4, 0.5) is 0 Å². The molecule has 0 aliphatic heterocycles. The van der Waals surface area contributed by atoms with Gasteiger partial charge in [0.15, 0.2) is 5.82 Å². The van der Waals surface area contributed by atoms with Crippen LogP contribution in [0, 0.1) is 13.8 Å². The van der Waals surface area contributed by atoms with E-state index in [0.717, 1.165) is 11.3 Å². The van der Waals surface area contributed by atoms with Crippen molar-refractivity contribution in [3.8, 4) is 5.75 Å². The molecule has 0 radical (unpaired) electrons. The highest BCUT2D eigenvalue weighted by atomic mass is 32.2. The lowest BCUT2D eigenvalue weighted by Crippen LogP contribution is -2.31. The number of carbonyl (C=O) groups excluding carboxylic acids is 1. The van der Waals surface area contributed by atoms with E-state index in [4.69, 9.17) is 10.6 Å². The Labute approximate surface area is 145 Å². The molecule has 3 N–H and O–H groups in total. The molecule has 0 aliphatic rings. The topological polar surface area (TPSA) is 95.1 Å². The largest absolute Gasteiger partial charge is 0.485 e. The van der Waals surface area contributed by atoms with Crippen LogP contribution in [-0.4, -0.2) is 32.6 Å². The Kier molecular flexibility index (Phi) is 6.08. The summed E-state index contributed by atoms with van der Waals surface area (Å²) < 4.78 is 7.14. The van der Waals surface area contributed by atoms with Crippen LogP contribution in [0.1, 0.15) is 30.8 Å². The summed E-state index contributed by atoms with van der Waals surface area (Å²) in [6, 6.07) is 5.97. The number of aromatic nitrogens is 3. The van der Waals surface area contributed by atoms with Crippen molar-refractivity contribution in [2.75, 3.05) is 12.4 Å². The standard InChI is InChI=1S/C16H23N5O2S/c1-5-18-15(22)12(4)24-16-20-19-14(21(16)17)9-23-13-7-6-10(2)8-11(13)3/h6-8,12H,5,9,17H2,1-4H3,(H,18,22)/t12-/m1/s1. The van der Waals surface area contributed by atoms with Crippen LogP contribution in [0.25, 0.3) is 0 Å². The van der Waals surface area contributed by atoms with E-state index < -0.39 is 0 Å². The number of hydrogen-bond donors (Lipinski definition) is 2. The van der Waals surface area contributed by atoms with E-state index in [-0.39, 0.29) is 17.8 Å². The fourth-order valence-corrected chi connectivity index (χ4v) is 2.93. The van der Waals surface area contributed by atoms with Crippen LogP contribution in [-0.2, 0) is 11.4 Å². The zero-order valence-electron chi connectivity index (χ0n) is 14.4. The molecule has 7 nitrogen and oxygen atoms in total. The van der Waals surface area contributed by atoms with Crippen molar-refractivity contribution in [3.05, 3.63) is 35.2 Å². The molecule has 1 aromatic heterocycles. The van der Waals surface area contributed by atoms with Crippen molar-refractivity contribution in [1.29, 1.82) is 0 Å². The van der Waals surface area contributed by atoms with Crippen molar-refractivity contribution in [2.24, 2.45) is 0 Å². The summed E-state index contributed by atoms with van der Waals surface area (Å²) >= 11 is 1.26. The van der Waals surface area contributed by atoms with E-state index in [1.54, 1.807) is 6.92 Å². The number of nitrogens with one attached hydrogen (secondary N) is 1. The molecule has 1 heterocycles. The second-order valence-electron chi connectivity index (χ2n) is 5.48. The Hall–Kier alpha value is -2.22. The van der Waals surface area contributed by atoms with E-state index in [1.807, 2.05) is 32.9 Å². The number of thioether (sulfide) groups is 1. The fourth-order valence-electron chi connectivity index (χ4n) is 2.12. The Morgan fingerprint density at radius 3 is 2.83 bits per heavy atom. The summed E-state index contributed by atoms with van der Waals surface area (Å²) in [6.45, 7) is 8.51. The number of carbonyl (C=O) groups is 1. The molecule has 24 heavy (non-hydrogen) atoms. The molecule has 0 unspecified atom stereocenters. The maximum atomic E-state index is 11.8. The highest BCUT2D eigenvalue weighted by Crippen LogP contribution is 2.22. The van der Waals surface area contributed by atoms with Gasteiger partial charge in [0.05, 0.1) is 5.25 Å². The number of rotatable bonds is 7. The predicted molar refractivity (Wildman–Crippen MR) is 94.4 cm³/mol. The van der Waals surface area contributed by atoms with Gasteiger partial charge in [0, 0.05) is 6.54 Å². The maximum absolute atomic E-state index is 11.8. The average molecular weight is 349 g/mol. The first-order valence-corrected chi connectivity index (χ1v) is 8.64. The molecular weight excluding hydrogens is 326 g/mol. The summed E-state index contributed by atoms with van der Waals surface area (Å²) in [6.07, 6.45) is 0. The smallest absolute Gasteiger partial charge is 0.233 e. The van der Waals surface area contributed by atoms with Crippen molar-refractivity contribution < 1.29 is 9.53 Å². The first-order chi connectivity index (χ1) is 11.4. The number of nitrogens with zero attached hydrogens (tertiary/aromatic N) is 3. The van der Waals surface area contributed by atoms with Crippen molar-refractivity contribution in [1.82, 2.24) is 20.2 Å². The molecule has 0 saturated heterocycles. The fraction of sp³-hybridized carbons (Fsp3) is 0.438. The number of amides is 1. The molecule has 0 aliphatic carbocycles. The molecule has 2 rings (SSSR count). The Bertz CT molecular complexity index is 716. The summed E-state index contributed by atoms with van der Waals surface area (Å²) in [5.41, 5.74) is 2.23. The van der Waals surface area contributed by atoms with E-state index >= 15 is 0 Å². The van der Waals surface area contributed by atoms with Gasteiger partial charge < -0.3 is 15.9 Å². The molecule has 1 amide bonds. The minimum absolute atomic E-state index is 0.0569. The molecule has 1 aromatic carbocycles. The molecule has 2 aromatic rings. The van der Waals surface area contributed by atoms with E-state index in [2.05, 4.69) is 21.6 Å². The second kappa shape index (κ2) is 8.05. The van der Waals surface area contributed by atoms with Gasteiger partial charge in [-0.3, -0.25) is 4.79 Å². The normalized spacial score (nSPS) is 12.0. The number of hydrogen-bond acceptors (Lipinski definition) is 6. The molecule has 130 valence electrons. The van der Waals surface area contributed by atoms with E-state index in [9.17, 15) is 4.79 Å². The number of ether oxygens (including phenoxy) is 1. The summed E-state index contributed by atoms with van der Waals surface area (Å²) in [4.78, 5) is 11.8. The Morgan fingerprint density at radius 1 is 1.42 bits per heavy atom. The Morgan fingerprint density at radius 2 is 2.17 bits per heavy atom. The molecule has 0 saturated carbocycles. The van der Waals surface area contributed by atoms with Crippen molar-refractivity contribution in [2.45, 2.75) is 44.7 Å². The third kappa shape index (κ3) is 4.41. The monoisotopic (exact) mass is 349 g/mol. The van der Waals surface area contributed by atoms with Gasteiger partial charge in [-0.15, -0.1) is 10.2 Å². The van der Waals surface area contributed by atoms with Crippen LogP contribution in [0.3, 0.4) is 0 Å². The molecule has 0 fully saturated rings. The number of benzene rings is 1. The zero-order valence-corrected chi connectivity index (χ0v) is 15.2. The van der Waals surface area contributed by atoms with E-state index in [0.29, 0.717) is 17.5 Å². The molecular formula is C16H23N5O2S. The van der Waals surface area contributed by atoms with Crippen LogP contribution in [0.15, 0.2) is 23.4 Å². The van der Waals surface area contributed by atoms with Gasteiger partial charge in [0.2, 0.25) is 11.1 Å². The number of aryl methyl sites for hydroxylation is 2. The highest BCUT2D eigenvalue weighted by molar-refractivity contribution is 8.00. The second-order valence-corrected chi connectivity index (χ2v) is 6.79. The van der Waals surface area contributed by atoms with Crippen LogP contribution in [0.5, 0.6) is 5.75 Å². The number of nitrogens with two attached hydrogens (primary N) is 1. The molecule has 0 bridgehead atoms. The van der Waals surface area contributed by atoms with Gasteiger partial charge in [-0.25, -0.2) is 4.68 Å². The van der Waals surface area contributed by atoms with Gasteiger partial charge in [-0.05, 0) is 39.3 Å². The summed E-state index contributed by atoms with van der Waals surface area (Å²) in [5, 5.41) is 11.0. The summed E-state index contributed by atoms with van der Waals surface area (Å²) in [7, 11) is 0. The lowest BCUT2D eigenvalue weighted by Gasteiger charge is -2.11. The predicted octanol–water partition coefficient (Wildman–Crippen LogP) is 1.80. The van der Waals surface area contributed by atoms with Crippen LogP contribution in [0.2, 0.25) is 0 Å². The number of nitrogen functional groups attached to an aromatic ring is 1. The summed E-state index contributed by atoms with van der Waals surface area (Å²) in [5.74, 6) is 7.24. The van der Waals surface area contributed by atoms with Crippen molar-refractivity contribution in [3.63, 3.8) is 0 Å². The maximum Gasteiger partial charge on any atom is 0.233 e. The first kappa shape index (κ1) is 18.1. The molecule has 0 spiro atoms. The van der Waals surface area contributed by atoms with E-state index in [1.165, 1.54) is 22.0 Å². The van der Waals surface area contributed by atoms with Crippen molar-refractivity contribution >= 4 is 17.7 Å². The minimum Gasteiger partial charge on any atom is -0.485 e. The van der Waals surface area contributed by atoms with Crippen LogP contribution >= 0.6 is 11.8 Å². The highest BCUT2D eigenvalue weighted by Gasteiger charge is 2.19.